The van der Waals surface area contributed by atoms with Crippen LogP contribution in [0.4, 0.5) is 0 Å². The average Bonchev–Trinajstić information content (AvgIpc) is 3.29. The highest BCUT2D eigenvalue weighted by atomic mass is 35.5. The molecule has 34 heavy (non-hydrogen) atoms. The Bertz CT molecular complexity index is 1430. The van der Waals surface area contributed by atoms with Gasteiger partial charge in [-0.15, -0.1) is 0 Å². The average molecular weight is 460 g/mol. The molecule has 4 aromatic carbocycles. The number of rotatable bonds is 6. The van der Waals surface area contributed by atoms with Crippen molar-refractivity contribution in [2.45, 2.75) is 0 Å². The molecule has 2 nitrogen and oxygen atoms in total. The summed E-state index contributed by atoms with van der Waals surface area (Å²) in [6.07, 6.45) is 3.56. The van der Waals surface area contributed by atoms with Crippen molar-refractivity contribution < 1.29 is 4.79 Å². The van der Waals surface area contributed by atoms with Crippen molar-refractivity contribution in [3.63, 3.8) is 0 Å². The van der Waals surface area contributed by atoms with Gasteiger partial charge in [0.2, 0.25) is 0 Å². The molecule has 164 valence electrons. The first kappa shape index (κ1) is 21.7. The molecule has 0 aliphatic carbocycles. The van der Waals surface area contributed by atoms with Crippen LogP contribution in [0, 0.1) is 0 Å². The summed E-state index contributed by atoms with van der Waals surface area (Å²) in [4.78, 5) is 12.8. The van der Waals surface area contributed by atoms with E-state index in [2.05, 4.69) is 34.9 Å². The number of aromatic nitrogens is 1. The molecule has 0 amide bonds. The molecular formula is C31H22ClNO. The summed E-state index contributed by atoms with van der Waals surface area (Å²) in [5.41, 5.74) is 6.82. The molecule has 0 fully saturated rings. The number of benzene rings is 4. The summed E-state index contributed by atoms with van der Waals surface area (Å²) in [7, 11) is 0. The van der Waals surface area contributed by atoms with E-state index in [1.54, 1.807) is 6.08 Å². The van der Waals surface area contributed by atoms with Crippen molar-refractivity contribution in [2.24, 2.45) is 0 Å². The second kappa shape index (κ2) is 9.78. The van der Waals surface area contributed by atoms with Gasteiger partial charge in [-0.25, -0.2) is 0 Å². The fourth-order valence-electron chi connectivity index (χ4n) is 4.09. The van der Waals surface area contributed by atoms with Gasteiger partial charge in [0.05, 0.1) is 11.4 Å². The molecule has 5 rings (SSSR count). The van der Waals surface area contributed by atoms with Crippen LogP contribution in [0.3, 0.4) is 0 Å². The highest BCUT2D eigenvalue weighted by molar-refractivity contribution is 6.30. The number of halogens is 1. The monoisotopic (exact) mass is 459 g/mol. The normalized spacial score (nSPS) is 11.1. The second-order valence-electron chi connectivity index (χ2n) is 7.94. The topological polar surface area (TPSA) is 22.0 Å². The molecule has 0 saturated heterocycles. The second-order valence-corrected chi connectivity index (χ2v) is 8.38. The Balaban J connectivity index is 1.73. The molecule has 0 aliphatic rings. The zero-order valence-electron chi connectivity index (χ0n) is 18.4. The van der Waals surface area contributed by atoms with Crippen LogP contribution in [0.1, 0.15) is 15.9 Å². The fraction of sp³-hybridized carbons (Fsp3) is 0. The van der Waals surface area contributed by atoms with E-state index in [1.807, 2.05) is 97.1 Å². The van der Waals surface area contributed by atoms with Gasteiger partial charge in [0.15, 0.2) is 5.78 Å². The first-order chi connectivity index (χ1) is 16.7. The van der Waals surface area contributed by atoms with Crippen LogP contribution in [0.5, 0.6) is 0 Å². The molecule has 0 N–H and O–H groups in total. The van der Waals surface area contributed by atoms with Crippen molar-refractivity contribution in [3.05, 3.63) is 144 Å². The smallest absolute Gasteiger partial charge is 0.185 e. The molecule has 0 unspecified atom stereocenters. The van der Waals surface area contributed by atoms with E-state index in [9.17, 15) is 4.79 Å². The first-order valence-corrected chi connectivity index (χ1v) is 11.5. The number of nitrogens with zero attached hydrogens (tertiary/aromatic N) is 1. The SMILES string of the molecule is O=C(/C=C/c1cc(-c2ccccc2)n(-c2ccc(Cl)cc2)c1-c1ccccc1)c1ccccc1. The van der Waals surface area contributed by atoms with Gasteiger partial charge in [-0.2, -0.15) is 0 Å². The number of carbonyl (C=O) groups excluding carboxylic acids is 1. The Morgan fingerprint density at radius 2 is 1.24 bits per heavy atom. The summed E-state index contributed by atoms with van der Waals surface area (Å²) in [5, 5.41) is 0.687. The van der Waals surface area contributed by atoms with Crippen LogP contribution in [0.2, 0.25) is 5.02 Å². The lowest BCUT2D eigenvalue weighted by atomic mass is 10.1. The Kier molecular flexibility index (Phi) is 6.24. The zero-order chi connectivity index (χ0) is 23.3. The minimum atomic E-state index is -0.0277. The van der Waals surface area contributed by atoms with E-state index in [0.29, 0.717) is 10.6 Å². The van der Waals surface area contributed by atoms with Crippen molar-refractivity contribution in [1.29, 1.82) is 0 Å². The molecule has 0 radical (unpaired) electrons. The number of allylic oxidation sites excluding steroid dienone is 1. The lowest BCUT2D eigenvalue weighted by Crippen LogP contribution is -2.00. The van der Waals surface area contributed by atoms with Crippen LogP contribution in [-0.4, -0.2) is 10.4 Å². The van der Waals surface area contributed by atoms with Crippen LogP contribution in [-0.2, 0) is 0 Å². The van der Waals surface area contributed by atoms with Gasteiger partial charge in [-0.05, 0) is 53.6 Å². The molecule has 0 saturated carbocycles. The summed E-state index contributed by atoms with van der Waals surface area (Å²) in [5.74, 6) is -0.0277. The minimum absolute atomic E-state index is 0.0277. The Morgan fingerprint density at radius 3 is 1.85 bits per heavy atom. The molecule has 0 bridgehead atoms. The number of ketones is 1. The Labute approximate surface area is 204 Å². The summed E-state index contributed by atoms with van der Waals surface area (Å²) >= 11 is 6.20. The van der Waals surface area contributed by atoms with E-state index in [4.69, 9.17) is 11.6 Å². The van der Waals surface area contributed by atoms with Crippen molar-refractivity contribution in [2.75, 3.05) is 0 Å². The maximum atomic E-state index is 12.8. The van der Waals surface area contributed by atoms with E-state index in [-0.39, 0.29) is 5.78 Å². The molecule has 1 aromatic heterocycles. The van der Waals surface area contributed by atoms with E-state index in [1.165, 1.54) is 0 Å². The third-order valence-electron chi connectivity index (χ3n) is 5.70. The fourth-order valence-corrected chi connectivity index (χ4v) is 4.22. The Morgan fingerprint density at radius 1 is 0.676 bits per heavy atom. The lowest BCUT2D eigenvalue weighted by Gasteiger charge is -2.15. The van der Waals surface area contributed by atoms with Gasteiger partial charge in [0.25, 0.3) is 0 Å². The van der Waals surface area contributed by atoms with E-state index < -0.39 is 0 Å². The van der Waals surface area contributed by atoms with E-state index >= 15 is 0 Å². The number of hydrogen-bond acceptors (Lipinski definition) is 1. The van der Waals surface area contributed by atoms with Gasteiger partial charge in [-0.1, -0.05) is 103 Å². The number of carbonyl (C=O) groups is 1. The Hall–Kier alpha value is -4.14. The van der Waals surface area contributed by atoms with Crippen LogP contribution < -0.4 is 0 Å². The predicted octanol–water partition coefficient (Wildman–Crippen LogP) is 8.36. The van der Waals surface area contributed by atoms with Crippen LogP contribution >= 0.6 is 11.6 Å². The third kappa shape index (κ3) is 4.50. The van der Waals surface area contributed by atoms with Gasteiger partial charge in [0, 0.05) is 21.8 Å². The van der Waals surface area contributed by atoms with Crippen molar-refractivity contribution in [3.8, 4) is 28.2 Å². The molecule has 1 heterocycles. The van der Waals surface area contributed by atoms with Gasteiger partial charge >= 0.3 is 0 Å². The first-order valence-electron chi connectivity index (χ1n) is 11.1. The van der Waals surface area contributed by atoms with Crippen molar-refractivity contribution in [1.82, 2.24) is 4.57 Å². The molecular weight excluding hydrogens is 438 g/mol. The predicted molar refractivity (Wildman–Crippen MR) is 141 cm³/mol. The van der Waals surface area contributed by atoms with Gasteiger partial charge in [0.1, 0.15) is 0 Å². The third-order valence-corrected chi connectivity index (χ3v) is 5.96. The standard InChI is InChI=1S/C31H22ClNO/c32-27-17-19-28(20-18-27)33-29(23-10-4-1-5-11-23)22-26(31(33)25-14-8-3-9-15-25)16-21-30(34)24-12-6-2-7-13-24/h1-22H/b21-16+. The summed E-state index contributed by atoms with van der Waals surface area (Å²) in [6, 6.07) is 39.8. The molecule has 0 aliphatic heterocycles. The van der Waals surface area contributed by atoms with Crippen molar-refractivity contribution >= 4 is 23.5 Å². The van der Waals surface area contributed by atoms with Crippen LogP contribution in [0.15, 0.2) is 127 Å². The summed E-state index contributed by atoms with van der Waals surface area (Å²) in [6.45, 7) is 0. The minimum Gasteiger partial charge on any atom is -0.309 e. The van der Waals surface area contributed by atoms with Gasteiger partial charge < -0.3 is 4.57 Å². The molecule has 0 atom stereocenters. The van der Waals surface area contributed by atoms with E-state index in [0.717, 1.165) is 33.8 Å². The maximum absolute atomic E-state index is 12.8. The maximum Gasteiger partial charge on any atom is 0.185 e. The molecule has 5 aromatic rings. The van der Waals surface area contributed by atoms with Gasteiger partial charge in [-0.3, -0.25) is 4.79 Å². The zero-order valence-corrected chi connectivity index (χ0v) is 19.2. The van der Waals surface area contributed by atoms with Crippen LogP contribution in [0.25, 0.3) is 34.3 Å². The number of hydrogen-bond donors (Lipinski definition) is 0. The highest BCUT2D eigenvalue weighted by Crippen LogP contribution is 2.37. The largest absolute Gasteiger partial charge is 0.309 e. The lowest BCUT2D eigenvalue weighted by molar-refractivity contribution is 0.104. The molecule has 3 heteroatoms. The molecule has 0 spiro atoms. The summed E-state index contributed by atoms with van der Waals surface area (Å²) < 4.78 is 2.23. The quantitative estimate of drug-likeness (QED) is 0.184. The highest BCUT2D eigenvalue weighted by Gasteiger charge is 2.18.